The van der Waals surface area contributed by atoms with Gasteiger partial charge in [0.15, 0.2) is 5.66 Å². The Morgan fingerprint density at radius 3 is 2.38 bits per heavy atom. The molecule has 4 heterocycles. The van der Waals surface area contributed by atoms with Gasteiger partial charge in [-0.15, -0.1) is 0 Å². The van der Waals surface area contributed by atoms with Crippen LogP contribution in [0, 0.1) is 0 Å². The number of hydrogen-bond acceptors (Lipinski definition) is 7. The molecule has 0 radical (unpaired) electrons. The van der Waals surface area contributed by atoms with Gasteiger partial charge >= 0.3 is 6.03 Å². The lowest BCUT2D eigenvalue weighted by Gasteiger charge is -2.62. The molecule has 0 aliphatic carbocycles. The Kier molecular flexibility index (Phi) is 10.6. The van der Waals surface area contributed by atoms with E-state index in [1.54, 1.807) is 0 Å². The van der Waals surface area contributed by atoms with Crippen molar-refractivity contribution in [3.63, 3.8) is 0 Å². The number of nitrogens with one attached hydrogen (secondary N) is 1. The third-order valence-electron chi connectivity index (χ3n) is 12.1. The van der Waals surface area contributed by atoms with Crippen LogP contribution in [0.4, 0.5) is 15.3 Å². The molecular formula is C38H54N6O4. The van der Waals surface area contributed by atoms with E-state index in [4.69, 9.17) is 0 Å². The number of piperidine rings is 2. The van der Waals surface area contributed by atoms with Crippen LogP contribution < -0.4 is 10.4 Å². The van der Waals surface area contributed by atoms with Gasteiger partial charge < -0.3 is 29.8 Å². The fourth-order valence-corrected chi connectivity index (χ4v) is 9.33. The summed E-state index contributed by atoms with van der Waals surface area (Å²) in [5.74, 6) is 0. The van der Waals surface area contributed by atoms with Gasteiger partial charge in [0.25, 0.3) is 6.09 Å². The highest BCUT2D eigenvalue weighted by Gasteiger charge is 2.61. The lowest BCUT2D eigenvalue weighted by Crippen LogP contribution is -2.81. The number of carbonyl (C=O) groups excluding carboxylic acids is 3. The van der Waals surface area contributed by atoms with Crippen LogP contribution in [-0.4, -0.2) is 120 Å². The van der Waals surface area contributed by atoms with E-state index in [9.17, 15) is 19.5 Å². The van der Waals surface area contributed by atoms with Crippen molar-refractivity contribution in [2.75, 3.05) is 64.7 Å². The van der Waals surface area contributed by atoms with E-state index in [0.717, 1.165) is 75.0 Å². The molecule has 2 unspecified atom stereocenters. The lowest BCUT2D eigenvalue weighted by atomic mass is 9.82. The number of hydrogen-bond donors (Lipinski definition) is 1. The summed E-state index contributed by atoms with van der Waals surface area (Å²) in [6.45, 7) is 10.5. The van der Waals surface area contributed by atoms with Crippen LogP contribution in [0.5, 0.6) is 0 Å². The molecule has 3 fully saturated rings. The normalized spacial score (nSPS) is 28.0. The van der Waals surface area contributed by atoms with Gasteiger partial charge in [0, 0.05) is 68.9 Å². The van der Waals surface area contributed by atoms with Gasteiger partial charge in [0.05, 0.1) is 13.0 Å². The van der Waals surface area contributed by atoms with E-state index in [-0.39, 0.29) is 36.1 Å². The summed E-state index contributed by atoms with van der Waals surface area (Å²) in [4.78, 5) is 49.5. The summed E-state index contributed by atoms with van der Waals surface area (Å²) in [7, 11) is 2.18. The zero-order valence-corrected chi connectivity index (χ0v) is 29.2. The van der Waals surface area contributed by atoms with Gasteiger partial charge in [-0.25, -0.2) is 9.69 Å². The molecular weight excluding hydrogens is 604 g/mol. The van der Waals surface area contributed by atoms with Crippen LogP contribution in [0.3, 0.4) is 0 Å². The Morgan fingerprint density at radius 2 is 1.69 bits per heavy atom. The van der Waals surface area contributed by atoms with Crippen molar-refractivity contribution < 1.29 is 24.0 Å². The Bertz CT molecular complexity index is 1470. The number of quaternary nitrogens is 1. The summed E-state index contributed by atoms with van der Waals surface area (Å²) in [5, 5.41) is 16.9. The number of likely N-dealkylation sites (tertiary alicyclic amines) is 2. The maximum absolute atomic E-state index is 13.8. The predicted octanol–water partition coefficient (Wildman–Crippen LogP) is 3.72. The average molecular weight is 659 g/mol. The van der Waals surface area contributed by atoms with Crippen molar-refractivity contribution >= 4 is 24.1 Å². The molecule has 10 nitrogen and oxygen atoms in total. The first kappa shape index (κ1) is 34.5. The molecule has 10 heteroatoms. The first-order valence-electron chi connectivity index (χ1n) is 18.2. The molecule has 0 spiro atoms. The minimum Gasteiger partial charge on any atom is -0.498 e. The number of carbonyl (C=O) groups is 3. The van der Waals surface area contributed by atoms with Crippen molar-refractivity contribution in [2.45, 2.75) is 89.5 Å². The van der Waals surface area contributed by atoms with E-state index in [1.165, 1.54) is 11.1 Å². The van der Waals surface area contributed by atoms with E-state index in [0.29, 0.717) is 44.9 Å². The van der Waals surface area contributed by atoms with Crippen LogP contribution >= 0.6 is 0 Å². The highest BCUT2D eigenvalue weighted by molar-refractivity contribution is 5.91. The minimum atomic E-state index is -1.14. The van der Waals surface area contributed by atoms with Crippen LogP contribution in [0.25, 0.3) is 0 Å². The van der Waals surface area contributed by atoms with Gasteiger partial charge in [-0.05, 0) is 81.1 Å². The Morgan fingerprint density at radius 1 is 0.958 bits per heavy atom. The average Bonchev–Trinajstić information content (AvgIpc) is 3.27. The number of carboxylic acid groups (broad SMARTS) is 1. The number of rotatable bonds is 9. The number of anilines is 1. The molecule has 6 rings (SSSR count). The van der Waals surface area contributed by atoms with Crippen LogP contribution in [0.1, 0.15) is 68.2 Å². The van der Waals surface area contributed by atoms with E-state index < -0.39 is 11.8 Å². The zero-order chi connectivity index (χ0) is 33.9. The van der Waals surface area contributed by atoms with Gasteiger partial charge in [0.2, 0.25) is 0 Å². The summed E-state index contributed by atoms with van der Waals surface area (Å²) >= 11 is 0. The summed E-state index contributed by atoms with van der Waals surface area (Å²) in [5.41, 5.74) is 4.32. The van der Waals surface area contributed by atoms with Crippen molar-refractivity contribution in [2.24, 2.45) is 0 Å². The molecule has 2 aromatic carbocycles. The van der Waals surface area contributed by atoms with E-state index >= 15 is 0 Å². The Labute approximate surface area is 286 Å². The fraction of sp³-hybridized carbons (Fsp3) is 0.605. The molecule has 3 atom stereocenters. The van der Waals surface area contributed by atoms with Crippen molar-refractivity contribution in [1.29, 1.82) is 0 Å². The molecule has 4 aliphatic heterocycles. The summed E-state index contributed by atoms with van der Waals surface area (Å²) < 4.78 is -0.333. The number of benzene rings is 2. The van der Waals surface area contributed by atoms with Gasteiger partial charge in [0.1, 0.15) is 12.8 Å². The number of aryl methyl sites for hydroxylation is 2. The fourth-order valence-electron chi connectivity index (χ4n) is 9.33. The highest BCUT2D eigenvalue weighted by Crippen LogP contribution is 2.45. The molecule has 48 heavy (non-hydrogen) atoms. The molecule has 3 amide bonds. The summed E-state index contributed by atoms with van der Waals surface area (Å²) in [6, 6.07) is 14.4. The quantitative estimate of drug-likeness (QED) is 0.324. The predicted molar refractivity (Wildman–Crippen MR) is 185 cm³/mol. The second-order valence-corrected chi connectivity index (χ2v) is 14.5. The number of fused-ring (bicyclic) bond motifs is 1. The second-order valence-electron chi connectivity index (χ2n) is 14.5. The van der Waals surface area contributed by atoms with Gasteiger partial charge in [-0.2, -0.15) is 0 Å². The first-order valence-corrected chi connectivity index (χ1v) is 18.2. The monoisotopic (exact) mass is 658 g/mol. The zero-order valence-electron chi connectivity index (χ0n) is 29.2. The first-order chi connectivity index (χ1) is 23.2. The van der Waals surface area contributed by atoms with Crippen molar-refractivity contribution in [3.8, 4) is 0 Å². The molecule has 4 aliphatic rings. The van der Waals surface area contributed by atoms with Crippen LogP contribution in [-0.2, 0) is 30.6 Å². The molecule has 3 saturated heterocycles. The Hall–Kier alpha value is -3.31. The Balaban J connectivity index is 1.35. The van der Waals surface area contributed by atoms with Crippen LogP contribution in [0.15, 0.2) is 42.5 Å². The number of urea groups is 1. The maximum Gasteiger partial charge on any atom is 0.322 e. The highest BCUT2D eigenvalue weighted by atomic mass is 16.4. The third kappa shape index (κ3) is 6.52. The van der Waals surface area contributed by atoms with Crippen LogP contribution in [0.2, 0.25) is 0 Å². The topological polar surface area (TPSA) is 99.3 Å². The molecule has 0 bridgehead atoms. The number of para-hydroxylation sites is 1. The van der Waals surface area contributed by atoms with E-state index in [1.807, 2.05) is 29.2 Å². The molecule has 0 aromatic heterocycles. The van der Waals surface area contributed by atoms with Crippen molar-refractivity contribution in [1.82, 2.24) is 19.6 Å². The molecule has 2 aromatic rings. The number of amides is 3. The van der Waals surface area contributed by atoms with Gasteiger partial charge in [-0.1, -0.05) is 44.2 Å². The molecule has 260 valence electrons. The maximum atomic E-state index is 13.8. The second kappa shape index (κ2) is 14.7. The largest absolute Gasteiger partial charge is 0.498 e. The number of piperazine rings is 1. The smallest absolute Gasteiger partial charge is 0.322 e. The SMILES string of the molecule is CCc1ccc(C[N@+]2(C(=O)[O-])CCC(N3CCc4ccccc4NC3=O)CC2(CC=O)N2CCN(C3CCN(C)CC3)CC2)cc1CC. The van der Waals surface area contributed by atoms with Crippen molar-refractivity contribution in [3.05, 3.63) is 64.7 Å². The molecule has 0 saturated carbocycles. The van der Waals surface area contributed by atoms with Gasteiger partial charge in [-0.3, -0.25) is 9.38 Å². The standard InChI is InChI=1S/C38H54N6O4/c1-4-30-11-10-29(26-31(30)5-2)28-44(37(47)48)24-15-34(43-19-12-32-8-6-7-9-35(32)39-36(43)46)27-38(44,16-25-45)42-22-20-41(21-23-42)33-13-17-40(3)18-14-33/h6-11,25-26,33-34H,4-5,12-24,27-28H2,1-3H3,(H-,39,46,47,48)/t34?,38?,44-/m0/s1. The number of nitrogens with zero attached hydrogens (tertiary/aromatic N) is 5. The minimum absolute atomic E-state index is 0.0645. The lowest BCUT2D eigenvalue weighted by molar-refractivity contribution is -0.956. The summed E-state index contributed by atoms with van der Waals surface area (Å²) in [6.07, 6.45) is 5.52. The number of aldehydes is 1. The third-order valence-corrected chi connectivity index (χ3v) is 12.1. The van der Waals surface area contributed by atoms with E-state index in [2.05, 4.69) is 59.1 Å². The molecule has 1 N–H and O–H groups in total.